The molecular formula is C16H21NS2. The molecule has 0 fully saturated rings. The zero-order chi connectivity index (χ0) is 13.7. The van der Waals surface area contributed by atoms with Gasteiger partial charge in [0.15, 0.2) is 0 Å². The number of aryl methyl sites for hydroxylation is 1. The molecule has 0 saturated carbocycles. The van der Waals surface area contributed by atoms with E-state index in [1.54, 1.807) is 0 Å². The summed E-state index contributed by atoms with van der Waals surface area (Å²) in [5, 5.41) is 5.84. The van der Waals surface area contributed by atoms with Crippen molar-refractivity contribution in [2.75, 3.05) is 12.3 Å². The van der Waals surface area contributed by atoms with Gasteiger partial charge >= 0.3 is 0 Å². The smallest absolute Gasteiger partial charge is 0.0584 e. The Morgan fingerprint density at radius 2 is 1.89 bits per heavy atom. The van der Waals surface area contributed by atoms with Gasteiger partial charge in [-0.15, -0.1) is 23.1 Å². The van der Waals surface area contributed by atoms with Gasteiger partial charge in [-0.1, -0.05) is 26.0 Å². The number of thioether (sulfide) groups is 1. The summed E-state index contributed by atoms with van der Waals surface area (Å²) in [5.41, 5.74) is 2.72. The molecule has 1 aromatic heterocycles. The fourth-order valence-electron chi connectivity index (χ4n) is 2.17. The van der Waals surface area contributed by atoms with Crippen LogP contribution in [-0.2, 0) is 0 Å². The highest BCUT2D eigenvalue weighted by Gasteiger charge is 2.13. The first-order valence-corrected chi connectivity index (χ1v) is 8.62. The van der Waals surface area contributed by atoms with Crippen molar-refractivity contribution in [1.82, 2.24) is 5.32 Å². The fourth-order valence-corrected chi connectivity index (χ4v) is 3.56. The van der Waals surface area contributed by atoms with Crippen molar-refractivity contribution >= 4 is 23.1 Å². The number of hydrogen-bond acceptors (Lipinski definition) is 3. The van der Waals surface area contributed by atoms with E-state index in [4.69, 9.17) is 0 Å². The van der Waals surface area contributed by atoms with Crippen molar-refractivity contribution in [3.63, 3.8) is 0 Å². The van der Waals surface area contributed by atoms with Crippen LogP contribution in [-0.4, -0.2) is 12.3 Å². The summed E-state index contributed by atoms with van der Waals surface area (Å²) in [5.74, 6) is 1.12. The molecule has 0 radical (unpaired) electrons. The average Bonchev–Trinajstić information content (AvgIpc) is 2.84. The lowest BCUT2D eigenvalue weighted by molar-refractivity contribution is 0.632. The van der Waals surface area contributed by atoms with Gasteiger partial charge in [-0.05, 0) is 53.9 Å². The maximum Gasteiger partial charge on any atom is 0.0584 e. The minimum Gasteiger partial charge on any atom is -0.307 e. The molecule has 3 heteroatoms. The molecule has 1 aromatic carbocycles. The van der Waals surface area contributed by atoms with E-state index in [0.717, 1.165) is 12.3 Å². The number of rotatable bonds is 6. The summed E-state index contributed by atoms with van der Waals surface area (Å²) in [6.07, 6.45) is 0. The normalized spacial score (nSPS) is 12.6. The van der Waals surface area contributed by atoms with E-state index in [0.29, 0.717) is 6.04 Å². The largest absolute Gasteiger partial charge is 0.307 e. The molecule has 0 bridgehead atoms. The number of nitrogens with one attached hydrogen (secondary N) is 1. The molecule has 0 saturated heterocycles. The van der Waals surface area contributed by atoms with Crippen LogP contribution in [0.25, 0.3) is 0 Å². The Hall–Kier alpha value is -0.770. The number of benzene rings is 1. The third kappa shape index (κ3) is 3.85. The van der Waals surface area contributed by atoms with Crippen molar-refractivity contribution in [2.45, 2.75) is 31.7 Å². The molecule has 2 rings (SSSR count). The molecule has 1 nitrogen and oxygen atoms in total. The van der Waals surface area contributed by atoms with E-state index in [-0.39, 0.29) is 0 Å². The second kappa shape index (κ2) is 7.13. The molecule has 19 heavy (non-hydrogen) atoms. The molecule has 0 aliphatic carbocycles. The Balaban J connectivity index is 2.23. The zero-order valence-electron chi connectivity index (χ0n) is 11.8. The lowest BCUT2D eigenvalue weighted by atomic mass is 10.0. The monoisotopic (exact) mass is 291 g/mol. The maximum absolute atomic E-state index is 3.58. The minimum atomic E-state index is 0.315. The van der Waals surface area contributed by atoms with Gasteiger partial charge < -0.3 is 5.32 Å². The first-order chi connectivity index (χ1) is 9.24. The topological polar surface area (TPSA) is 12.0 Å². The third-order valence-corrected chi connectivity index (χ3v) is 4.79. The average molecular weight is 291 g/mol. The van der Waals surface area contributed by atoms with Crippen LogP contribution in [0.3, 0.4) is 0 Å². The molecule has 0 amide bonds. The van der Waals surface area contributed by atoms with Crippen molar-refractivity contribution in [3.8, 4) is 0 Å². The van der Waals surface area contributed by atoms with E-state index in [1.807, 2.05) is 23.1 Å². The van der Waals surface area contributed by atoms with Gasteiger partial charge in [0.05, 0.1) is 6.04 Å². The molecule has 0 aliphatic heterocycles. The Kier molecular flexibility index (Phi) is 5.49. The minimum absolute atomic E-state index is 0.315. The first kappa shape index (κ1) is 14.6. The van der Waals surface area contributed by atoms with E-state index in [2.05, 4.69) is 61.8 Å². The van der Waals surface area contributed by atoms with Crippen LogP contribution in [0.5, 0.6) is 0 Å². The highest BCUT2D eigenvalue weighted by atomic mass is 32.2. The second-order valence-electron chi connectivity index (χ2n) is 4.48. The lowest BCUT2D eigenvalue weighted by Crippen LogP contribution is -2.21. The van der Waals surface area contributed by atoms with Crippen LogP contribution in [0, 0.1) is 6.92 Å². The van der Waals surface area contributed by atoms with Crippen molar-refractivity contribution < 1.29 is 0 Å². The van der Waals surface area contributed by atoms with Crippen LogP contribution in [0.2, 0.25) is 0 Å². The van der Waals surface area contributed by atoms with Crippen LogP contribution in [0.15, 0.2) is 40.6 Å². The molecule has 1 unspecified atom stereocenters. The first-order valence-electron chi connectivity index (χ1n) is 6.75. The van der Waals surface area contributed by atoms with Gasteiger partial charge in [0.1, 0.15) is 0 Å². The number of hydrogen-bond donors (Lipinski definition) is 1. The van der Waals surface area contributed by atoms with Gasteiger partial charge in [-0.3, -0.25) is 0 Å². The van der Waals surface area contributed by atoms with E-state index < -0.39 is 0 Å². The van der Waals surface area contributed by atoms with Crippen LogP contribution < -0.4 is 5.32 Å². The SMILES string of the molecule is CCNC(c1ccc(SCC)cc1)c1csc(C)c1. The highest BCUT2D eigenvalue weighted by Crippen LogP contribution is 2.28. The zero-order valence-corrected chi connectivity index (χ0v) is 13.4. The van der Waals surface area contributed by atoms with Gasteiger partial charge in [-0.25, -0.2) is 0 Å². The van der Waals surface area contributed by atoms with Crippen LogP contribution in [0.4, 0.5) is 0 Å². The molecule has 0 spiro atoms. The summed E-state index contributed by atoms with van der Waals surface area (Å²) in [6.45, 7) is 7.49. The van der Waals surface area contributed by atoms with Crippen molar-refractivity contribution in [2.24, 2.45) is 0 Å². The summed E-state index contributed by atoms with van der Waals surface area (Å²) < 4.78 is 0. The van der Waals surface area contributed by atoms with E-state index >= 15 is 0 Å². The Morgan fingerprint density at radius 3 is 2.42 bits per heavy atom. The predicted molar refractivity (Wildman–Crippen MR) is 87.4 cm³/mol. The number of thiophene rings is 1. The highest BCUT2D eigenvalue weighted by molar-refractivity contribution is 7.99. The summed E-state index contributed by atoms with van der Waals surface area (Å²) >= 11 is 3.71. The summed E-state index contributed by atoms with van der Waals surface area (Å²) in [6, 6.07) is 11.6. The molecule has 0 aliphatic rings. The van der Waals surface area contributed by atoms with Gasteiger partial charge in [0.2, 0.25) is 0 Å². The molecule has 1 N–H and O–H groups in total. The summed E-state index contributed by atoms with van der Waals surface area (Å²) in [7, 11) is 0. The van der Waals surface area contributed by atoms with E-state index in [1.165, 1.54) is 20.9 Å². The van der Waals surface area contributed by atoms with Crippen LogP contribution >= 0.6 is 23.1 Å². The maximum atomic E-state index is 3.58. The van der Waals surface area contributed by atoms with Gasteiger partial charge in [0, 0.05) is 9.77 Å². The summed E-state index contributed by atoms with van der Waals surface area (Å²) in [4.78, 5) is 2.72. The Morgan fingerprint density at radius 1 is 1.16 bits per heavy atom. The lowest BCUT2D eigenvalue weighted by Gasteiger charge is -2.17. The molecule has 1 heterocycles. The Labute approximate surface area is 124 Å². The molecule has 102 valence electrons. The van der Waals surface area contributed by atoms with Gasteiger partial charge in [-0.2, -0.15) is 0 Å². The Bertz CT molecular complexity index is 502. The molecule has 1 atom stereocenters. The van der Waals surface area contributed by atoms with Crippen molar-refractivity contribution in [3.05, 3.63) is 51.7 Å². The second-order valence-corrected chi connectivity index (χ2v) is 6.94. The van der Waals surface area contributed by atoms with E-state index in [9.17, 15) is 0 Å². The standard InChI is InChI=1S/C16H21NS2/c1-4-17-16(14-10-12(3)19-11-14)13-6-8-15(9-7-13)18-5-2/h6-11,16-17H,4-5H2,1-3H3. The fraction of sp³-hybridized carbons (Fsp3) is 0.375. The molecule has 2 aromatic rings. The molecular weight excluding hydrogens is 270 g/mol. The van der Waals surface area contributed by atoms with Crippen LogP contribution in [0.1, 0.15) is 35.9 Å². The van der Waals surface area contributed by atoms with Gasteiger partial charge in [0.25, 0.3) is 0 Å². The quantitative estimate of drug-likeness (QED) is 0.762. The predicted octanol–water partition coefficient (Wildman–Crippen LogP) is 4.87. The van der Waals surface area contributed by atoms with Crippen molar-refractivity contribution in [1.29, 1.82) is 0 Å². The third-order valence-electron chi connectivity index (χ3n) is 3.02.